The molecular formula is C36H24N2O. The van der Waals surface area contributed by atoms with E-state index in [9.17, 15) is 0 Å². The van der Waals surface area contributed by atoms with E-state index in [2.05, 4.69) is 155 Å². The third-order valence-corrected chi connectivity index (χ3v) is 7.56. The number of hydrogen-bond donors (Lipinski definition) is 0. The Balaban J connectivity index is 1.43. The number of furan rings is 1. The normalized spacial score (nSPS) is 11.6. The van der Waals surface area contributed by atoms with Crippen LogP contribution in [-0.4, -0.2) is 4.57 Å². The molecule has 0 aliphatic carbocycles. The summed E-state index contributed by atoms with van der Waals surface area (Å²) in [5, 5.41) is 5.86. The van der Waals surface area contributed by atoms with Crippen LogP contribution in [0.1, 0.15) is 0 Å². The monoisotopic (exact) mass is 500 g/mol. The van der Waals surface area contributed by atoms with Crippen molar-refractivity contribution in [1.29, 1.82) is 0 Å². The number of aromatic nitrogens is 1. The molecule has 0 unspecified atom stereocenters. The van der Waals surface area contributed by atoms with Crippen LogP contribution in [-0.2, 0) is 0 Å². The number of rotatable bonds is 4. The molecule has 3 nitrogen and oxygen atoms in total. The molecule has 0 N–H and O–H groups in total. The van der Waals surface area contributed by atoms with Crippen molar-refractivity contribution < 1.29 is 4.42 Å². The van der Waals surface area contributed by atoms with Gasteiger partial charge in [0, 0.05) is 28.2 Å². The maximum atomic E-state index is 6.82. The highest BCUT2D eigenvalue weighted by molar-refractivity contribution is 6.08. The Morgan fingerprint density at radius 1 is 0.487 bits per heavy atom. The minimum Gasteiger partial charge on any atom is -0.437 e. The van der Waals surface area contributed by atoms with Crippen LogP contribution in [0, 0.1) is 0 Å². The van der Waals surface area contributed by atoms with Gasteiger partial charge in [0.2, 0.25) is 5.88 Å². The average Bonchev–Trinajstić information content (AvgIpc) is 3.55. The molecule has 3 heteroatoms. The zero-order valence-corrected chi connectivity index (χ0v) is 21.2. The van der Waals surface area contributed by atoms with E-state index in [1.54, 1.807) is 0 Å². The summed E-state index contributed by atoms with van der Waals surface area (Å²) in [6.45, 7) is 0. The summed E-state index contributed by atoms with van der Waals surface area (Å²) >= 11 is 0. The first-order valence-corrected chi connectivity index (χ1v) is 13.2. The summed E-state index contributed by atoms with van der Waals surface area (Å²) in [5.41, 5.74) is 6.30. The molecule has 0 spiro atoms. The molecule has 2 heterocycles. The molecule has 6 aromatic carbocycles. The van der Waals surface area contributed by atoms with Crippen molar-refractivity contribution in [2.24, 2.45) is 0 Å². The van der Waals surface area contributed by atoms with Crippen LogP contribution >= 0.6 is 0 Å². The number of fused-ring (bicyclic) bond motifs is 5. The van der Waals surface area contributed by atoms with Crippen LogP contribution < -0.4 is 4.90 Å². The number of para-hydroxylation sites is 2. The van der Waals surface area contributed by atoms with Crippen molar-refractivity contribution in [2.75, 3.05) is 4.90 Å². The minimum atomic E-state index is 0.780. The number of anilines is 3. The molecular weight excluding hydrogens is 476 g/mol. The molecule has 0 fully saturated rings. The Kier molecular flexibility index (Phi) is 4.82. The quantitative estimate of drug-likeness (QED) is 0.240. The lowest BCUT2D eigenvalue weighted by molar-refractivity contribution is 0.624. The molecule has 2 aromatic heterocycles. The summed E-state index contributed by atoms with van der Waals surface area (Å²) in [5.74, 6) is 0.780. The second-order valence-corrected chi connectivity index (χ2v) is 9.85. The molecule has 0 radical (unpaired) electrons. The number of benzene rings is 6. The van der Waals surface area contributed by atoms with E-state index in [4.69, 9.17) is 4.42 Å². The number of hydrogen-bond acceptors (Lipinski definition) is 2. The second kappa shape index (κ2) is 8.64. The van der Waals surface area contributed by atoms with Crippen molar-refractivity contribution in [3.05, 3.63) is 146 Å². The molecule has 0 aliphatic heterocycles. The van der Waals surface area contributed by atoms with Gasteiger partial charge in [-0.05, 0) is 58.6 Å². The Bertz CT molecular complexity index is 2130. The Labute approximate surface area is 225 Å². The Morgan fingerprint density at radius 2 is 1.18 bits per heavy atom. The van der Waals surface area contributed by atoms with Crippen LogP contribution in [0.15, 0.2) is 150 Å². The molecule has 8 rings (SSSR count). The molecule has 0 aliphatic rings. The fourth-order valence-corrected chi connectivity index (χ4v) is 5.79. The van der Waals surface area contributed by atoms with Gasteiger partial charge in [-0.3, -0.25) is 4.90 Å². The van der Waals surface area contributed by atoms with Gasteiger partial charge in [-0.15, -0.1) is 0 Å². The van der Waals surface area contributed by atoms with Gasteiger partial charge in [-0.25, -0.2) is 0 Å². The van der Waals surface area contributed by atoms with Crippen LogP contribution in [0.25, 0.3) is 49.2 Å². The summed E-state index contributed by atoms with van der Waals surface area (Å²) in [6, 6.07) is 51.2. The molecule has 0 atom stereocenters. The van der Waals surface area contributed by atoms with Crippen molar-refractivity contribution in [2.45, 2.75) is 0 Å². The van der Waals surface area contributed by atoms with E-state index < -0.39 is 0 Å². The van der Waals surface area contributed by atoms with Crippen LogP contribution in [0.5, 0.6) is 0 Å². The van der Waals surface area contributed by atoms with Crippen molar-refractivity contribution in [1.82, 2.24) is 4.57 Å². The fraction of sp³-hybridized carbons (Fsp3) is 0. The van der Waals surface area contributed by atoms with Gasteiger partial charge >= 0.3 is 0 Å². The van der Waals surface area contributed by atoms with E-state index in [0.29, 0.717) is 0 Å². The average molecular weight is 501 g/mol. The third-order valence-electron chi connectivity index (χ3n) is 7.56. The minimum absolute atomic E-state index is 0.780. The molecule has 0 amide bonds. The first kappa shape index (κ1) is 21.8. The summed E-state index contributed by atoms with van der Waals surface area (Å²) < 4.78 is 9.11. The van der Waals surface area contributed by atoms with Crippen molar-refractivity contribution >= 4 is 60.8 Å². The molecule has 184 valence electrons. The highest BCUT2D eigenvalue weighted by atomic mass is 16.4. The fourth-order valence-electron chi connectivity index (χ4n) is 5.79. The van der Waals surface area contributed by atoms with Gasteiger partial charge in [0.15, 0.2) is 5.58 Å². The maximum absolute atomic E-state index is 6.82. The Hall–Kier alpha value is -5.28. The van der Waals surface area contributed by atoms with Crippen LogP contribution in [0.3, 0.4) is 0 Å². The maximum Gasteiger partial charge on any atom is 0.207 e. The van der Waals surface area contributed by atoms with E-state index in [1.165, 1.54) is 21.5 Å². The smallest absolute Gasteiger partial charge is 0.207 e. The first-order valence-electron chi connectivity index (χ1n) is 13.2. The largest absolute Gasteiger partial charge is 0.437 e. The van der Waals surface area contributed by atoms with Crippen molar-refractivity contribution in [3.63, 3.8) is 0 Å². The lowest BCUT2D eigenvalue weighted by Crippen LogP contribution is -2.09. The van der Waals surface area contributed by atoms with Gasteiger partial charge in [-0.2, -0.15) is 0 Å². The van der Waals surface area contributed by atoms with E-state index in [1.807, 2.05) is 0 Å². The zero-order chi connectivity index (χ0) is 25.8. The SMILES string of the molecule is c1ccc(-n2c3ccccc3c3oc(N(c4ccc5ccccc5c4)c4cccc5ccccc45)cc32)cc1. The predicted octanol–water partition coefficient (Wildman–Crippen LogP) is 10.2. The van der Waals surface area contributed by atoms with Crippen LogP contribution in [0.2, 0.25) is 0 Å². The molecule has 0 saturated carbocycles. The van der Waals surface area contributed by atoms with Gasteiger partial charge in [0.05, 0.1) is 16.7 Å². The molecule has 8 aromatic rings. The third kappa shape index (κ3) is 3.44. The summed E-state index contributed by atoms with van der Waals surface area (Å²) in [6.07, 6.45) is 0. The first-order chi connectivity index (χ1) is 19.3. The highest BCUT2D eigenvalue weighted by Crippen LogP contribution is 2.44. The highest BCUT2D eigenvalue weighted by Gasteiger charge is 2.23. The summed E-state index contributed by atoms with van der Waals surface area (Å²) in [4.78, 5) is 2.25. The van der Waals surface area contributed by atoms with Crippen molar-refractivity contribution in [3.8, 4) is 5.69 Å². The molecule has 0 bridgehead atoms. The molecule has 39 heavy (non-hydrogen) atoms. The molecule has 0 saturated heterocycles. The summed E-state index contributed by atoms with van der Waals surface area (Å²) in [7, 11) is 0. The van der Waals surface area contributed by atoms with E-state index >= 15 is 0 Å². The lowest BCUT2D eigenvalue weighted by atomic mass is 10.1. The standard InChI is InChI=1S/C36H24N2O/c1-2-15-28(16-3-1)37-33-19-9-8-18-31(33)36-34(37)24-35(39-36)38(29-22-21-25-11-4-5-13-27(25)23-29)32-20-10-14-26-12-6-7-17-30(26)32/h1-24H. The predicted molar refractivity (Wildman–Crippen MR) is 163 cm³/mol. The van der Waals surface area contributed by atoms with Crippen LogP contribution in [0.4, 0.5) is 17.3 Å². The lowest BCUT2D eigenvalue weighted by Gasteiger charge is -2.24. The Morgan fingerprint density at radius 3 is 2.05 bits per heavy atom. The zero-order valence-electron chi connectivity index (χ0n) is 21.2. The van der Waals surface area contributed by atoms with E-state index in [0.717, 1.165) is 44.9 Å². The van der Waals surface area contributed by atoms with Gasteiger partial charge in [-0.1, -0.05) is 97.1 Å². The number of nitrogens with zero attached hydrogens (tertiary/aromatic N) is 2. The topological polar surface area (TPSA) is 21.3 Å². The van der Waals surface area contributed by atoms with E-state index in [-0.39, 0.29) is 0 Å². The van der Waals surface area contributed by atoms with Gasteiger partial charge < -0.3 is 8.98 Å². The van der Waals surface area contributed by atoms with Gasteiger partial charge in [0.25, 0.3) is 0 Å². The van der Waals surface area contributed by atoms with Gasteiger partial charge in [0.1, 0.15) is 0 Å². The second-order valence-electron chi connectivity index (χ2n) is 9.85.